The number of benzene rings is 1. The number of fused-ring (bicyclic) bond motifs is 1. The molecular formula is C33H47N8O11+. The van der Waals surface area contributed by atoms with E-state index >= 15 is 0 Å². The van der Waals surface area contributed by atoms with E-state index in [1.165, 1.54) is 45.0 Å². The molecule has 0 spiro atoms. The number of ketones is 1. The Balaban J connectivity index is 2.37. The fourth-order valence-electron chi connectivity index (χ4n) is 5.25. The van der Waals surface area contributed by atoms with Crippen LogP contribution in [0, 0.1) is 22.0 Å². The van der Waals surface area contributed by atoms with Gasteiger partial charge in [-0.15, -0.1) is 0 Å². The van der Waals surface area contributed by atoms with Crippen molar-refractivity contribution in [2.24, 2.45) is 17.0 Å². The van der Waals surface area contributed by atoms with Gasteiger partial charge in [0.25, 0.3) is 5.69 Å². The molecule has 1 aliphatic heterocycles. The van der Waals surface area contributed by atoms with Gasteiger partial charge in [-0.1, -0.05) is 33.8 Å². The molecule has 0 fully saturated rings. The smallest absolute Gasteiger partial charge is 0.391 e. The summed E-state index contributed by atoms with van der Waals surface area (Å²) in [5.74, 6) is -6.99. The van der Waals surface area contributed by atoms with Gasteiger partial charge in [-0.2, -0.15) is 0 Å². The number of azo groups is 2. The number of amides is 7. The maximum atomic E-state index is 13.7. The van der Waals surface area contributed by atoms with E-state index in [2.05, 4.69) is 26.4 Å². The van der Waals surface area contributed by atoms with Gasteiger partial charge in [-0.25, -0.2) is 4.79 Å². The highest BCUT2D eigenvalue weighted by molar-refractivity contribution is 6.10. The summed E-state index contributed by atoms with van der Waals surface area (Å²) in [6, 6.07) is -1.94. The predicted octanol–water partition coefficient (Wildman–Crippen LogP) is -0.167. The van der Waals surface area contributed by atoms with Crippen molar-refractivity contribution in [2.75, 3.05) is 20.6 Å². The summed E-state index contributed by atoms with van der Waals surface area (Å²) >= 11 is 0. The van der Waals surface area contributed by atoms with Crippen LogP contribution < -0.4 is 21.3 Å². The van der Waals surface area contributed by atoms with Gasteiger partial charge < -0.3 is 31.3 Å². The average Bonchev–Trinajstić information content (AvgIpc) is 3.04. The molecule has 1 aromatic carbocycles. The lowest BCUT2D eigenvalue weighted by Crippen LogP contribution is -2.61. The molecule has 1 heterocycles. The minimum Gasteiger partial charge on any atom is -0.391 e. The Labute approximate surface area is 300 Å². The van der Waals surface area contributed by atoms with E-state index in [9.17, 15) is 53.6 Å². The number of carbonyl (C=O) groups is 8. The van der Waals surface area contributed by atoms with Gasteiger partial charge in [0.1, 0.15) is 29.3 Å². The normalized spacial score (nSPS) is 15.3. The second-order valence-electron chi connectivity index (χ2n) is 13.4. The van der Waals surface area contributed by atoms with Crippen LogP contribution in [0.5, 0.6) is 0 Å². The molecule has 0 radical (unpaired) electrons. The molecule has 284 valence electrons. The molecule has 19 nitrogen and oxygen atoms in total. The van der Waals surface area contributed by atoms with Crippen LogP contribution in [-0.4, -0.2) is 118 Å². The van der Waals surface area contributed by atoms with Crippen molar-refractivity contribution in [3.8, 4) is 0 Å². The Kier molecular flexibility index (Phi) is 15.3. The predicted molar refractivity (Wildman–Crippen MR) is 182 cm³/mol. The summed E-state index contributed by atoms with van der Waals surface area (Å²) in [7, 11) is 2.97. The van der Waals surface area contributed by atoms with Gasteiger partial charge in [0.05, 0.1) is 17.1 Å². The Hall–Kier alpha value is -5.46. The van der Waals surface area contributed by atoms with Crippen LogP contribution in [-0.2, 0) is 28.8 Å². The molecule has 0 aliphatic carbocycles. The SMILES string of the molecule is CC(=O)NC(C(=O)NC(C(=O)NC(CC(C)C)C(=O)NC(CCC(=O)N(C)C)C(=O)C[N+]1=NC(=O)c2c(cccc2[N+](=O)[O-])C1=O)C(C)O)C(C)C. The number of hydrogen-bond donors (Lipinski definition) is 5. The molecule has 0 bridgehead atoms. The zero-order valence-corrected chi connectivity index (χ0v) is 30.4. The van der Waals surface area contributed by atoms with Crippen LogP contribution in [0.1, 0.15) is 81.5 Å². The van der Waals surface area contributed by atoms with Crippen molar-refractivity contribution in [1.29, 1.82) is 0 Å². The highest BCUT2D eigenvalue weighted by Crippen LogP contribution is 2.27. The summed E-state index contributed by atoms with van der Waals surface area (Å²) in [6.45, 7) is 8.46. The number of hydrogen-bond acceptors (Lipinski definition) is 11. The molecular weight excluding hydrogens is 684 g/mol. The first kappa shape index (κ1) is 42.7. The molecule has 52 heavy (non-hydrogen) atoms. The van der Waals surface area contributed by atoms with Crippen LogP contribution in [0.25, 0.3) is 0 Å². The number of nitrogens with one attached hydrogen (secondary N) is 4. The molecule has 5 atom stereocenters. The molecule has 1 aliphatic rings. The Bertz CT molecular complexity index is 1640. The lowest BCUT2D eigenvalue weighted by molar-refractivity contribution is -0.483. The molecule has 5 N–H and O–H groups in total. The number of Topliss-reactive ketones (excluding diaryl/α,β-unsaturated/α-hetero) is 1. The number of rotatable bonds is 18. The fourth-order valence-corrected chi connectivity index (χ4v) is 5.25. The summed E-state index contributed by atoms with van der Waals surface area (Å²) < 4.78 is 0.526. The third-order valence-electron chi connectivity index (χ3n) is 8.00. The van der Waals surface area contributed by atoms with E-state index in [-0.39, 0.29) is 36.7 Å². The van der Waals surface area contributed by atoms with Gasteiger partial charge in [-0.05, 0) is 42.4 Å². The van der Waals surface area contributed by atoms with Crippen LogP contribution >= 0.6 is 0 Å². The maximum absolute atomic E-state index is 13.7. The first-order chi connectivity index (χ1) is 24.2. The lowest BCUT2D eigenvalue weighted by Gasteiger charge is -2.28. The standard InChI is InChI=1S/C33H46N8O11/c1-16(2)14-22(36-32(49)28(18(5)42)37-31(48)27(17(3)4)34-19(6)43)29(46)35-21(12-13-25(45)39(7)8)24(44)15-40-33(50)20-10-9-11-23(41(51)52)26(20)30(47)38-40/h9-11,16-18,21-22,27-28,42H,12-15H2,1-8H3,(H3-,34,35,36,37,43,46,48,49)/p+1. The van der Waals surface area contributed by atoms with Gasteiger partial charge in [-0.3, -0.25) is 43.7 Å². The third kappa shape index (κ3) is 11.5. The van der Waals surface area contributed by atoms with E-state index in [4.69, 9.17) is 0 Å². The molecule has 7 amide bonds. The van der Waals surface area contributed by atoms with E-state index in [0.29, 0.717) is 4.70 Å². The van der Waals surface area contributed by atoms with Crippen molar-refractivity contribution in [2.45, 2.75) is 91.1 Å². The monoisotopic (exact) mass is 731 g/mol. The van der Waals surface area contributed by atoms with Crippen molar-refractivity contribution in [3.63, 3.8) is 0 Å². The number of aliphatic hydroxyl groups excluding tert-OH is 1. The lowest BCUT2D eigenvalue weighted by atomic mass is 9.99. The molecule has 19 heteroatoms. The van der Waals surface area contributed by atoms with Gasteiger partial charge in [0.15, 0.2) is 0 Å². The number of carbonyl (C=O) groups excluding carboxylic acids is 8. The topological polar surface area (TPSA) is 267 Å². The Morgan fingerprint density at radius 3 is 2.02 bits per heavy atom. The first-order valence-corrected chi connectivity index (χ1v) is 16.6. The second kappa shape index (κ2) is 18.7. The van der Waals surface area contributed by atoms with Crippen LogP contribution in [0.4, 0.5) is 5.69 Å². The van der Waals surface area contributed by atoms with Crippen LogP contribution in [0.2, 0.25) is 0 Å². The molecule has 0 saturated carbocycles. The molecule has 5 unspecified atom stereocenters. The van der Waals surface area contributed by atoms with Crippen LogP contribution in [0.3, 0.4) is 0 Å². The van der Waals surface area contributed by atoms with Crippen molar-refractivity contribution in [3.05, 3.63) is 39.4 Å². The fraction of sp³-hybridized carbons (Fsp3) is 0.576. The third-order valence-corrected chi connectivity index (χ3v) is 8.00. The van der Waals surface area contributed by atoms with Crippen molar-refractivity contribution < 1.29 is 53.1 Å². The summed E-state index contributed by atoms with van der Waals surface area (Å²) in [4.78, 5) is 116. The minimum atomic E-state index is -1.55. The summed E-state index contributed by atoms with van der Waals surface area (Å²) in [5.41, 5.74) is -1.51. The van der Waals surface area contributed by atoms with Gasteiger partial charge >= 0.3 is 11.8 Å². The first-order valence-electron chi connectivity index (χ1n) is 16.6. The quantitative estimate of drug-likeness (QED) is 0.0752. The Morgan fingerprint density at radius 1 is 0.904 bits per heavy atom. The molecule has 2 rings (SSSR count). The van der Waals surface area contributed by atoms with Gasteiger partial charge in [0, 0.05) is 38.6 Å². The maximum Gasteiger partial charge on any atom is 0.445 e. The highest BCUT2D eigenvalue weighted by atomic mass is 16.6. The largest absolute Gasteiger partial charge is 0.445 e. The zero-order valence-electron chi connectivity index (χ0n) is 30.4. The van der Waals surface area contributed by atoms with Gasteiger partial charge in [0.2, 0.25) is 41.9 Å². The van der Waals surface area contributed by atoms with Crippen molar-refractivity contribution >= 4 is 52.8 Å². The number of aliphatic hydroxyl groups is 1. The van der Waals surface area contributed by atoms with Crippen LogP contribution in [0.15, 0.2) is 23.3 Å². The summed E-state index contributed by atoms with van der Waals surface area (Å²) in [5, 5.41) is 35.4. The minimum absolute atomic E-state index is 0.0279. The van der Waals surface area contributed by atoms with E-state index in [1.54, 1.807) is 27.7 Å². The molecule has 0 aromatic heterocycles. The number of nitrogens with zero attached hydrogens (tertiary/aromatic N) is 4. The molecule has 1 aromatic rings. The molecule has 0 saturated heterocycles. The number of nitro benzene ring substituents is 1. The van der Waals surface area contributed by atoms with E-state index < -0.39 is 100 Å². The zero-order chi connectivity index (χ0) is 39.6. The van der Waals surface area contributed by atoms with E-state index in [1.807, 2.05) is 0 Å². The average molecular weight is 732 g/mol. The summed E-state index contributed by atoms with van der Waals surface area (Å²) in [6.07, 6.45) is -1.90. The van der Waals surface area contributed by atoms with Crippen molar-refractivity contribution in [1.82, 2.24) is 26.2 Å². The highest BCUT2D eigenvalue weighted by Gasteiger charge is 2.42. The number of nitro groups is 1. The second-order valence-corrected chi connectivity index (χ2v) is 13.4. The Morgan fingerprint density at radius 2 is 1.50 bits per heavy atom. The van der Waals surface area contributed by atoms with E-state index in [0.717, 1.165) is 6.07 Å².